The van der Waals surface area contributed by atoms with Crippen LogP contribution in [-0.2, 0) is 0 Å². The van der Waals surface area contributed by atoms with Gasteiger partial charge in [0.1, 0.15) is 0 Å². The van der Waals surface area contributed by atoms with Crippen LogP contribution >= 0.6 is 0 Å². The van der Waals surface area contributed by atoms with Crippen molar-refractivity contribution in [2.24, 2.45) is 0 Å². The van der Waals surface area contributed by atoms with Crippen LogP contribution in [0.3, 0.4) is 0 Å². The maximum atomic E-state index is 11.9. The highest BCUT2D eigenvalue weighted by atomic mass is 19.6. The van der Waals surface area contributed by atoms with Crippen LogP contribution in [0.25, 0.3) is 0 Å². The summed E-state index contributed by atoms with van der Waals surface area (Å²) in [6.07, 6.45) is 0. The van der Waals surface area contributed by atoms with Gasteiger partial charge in [0.2, 0.25) is 0 Å². The number of halogens is 3. The second kappa shape index (κ2) is 2.54. The molecule has 0 saturated carbocycles. The van der Waals surface area contributed by atoms with Crippen molar-refractivity contribution in [2.75, 3.05) is 0 Å². The monoisotopic (exact) mass is 162 g/mol. The van der Waals surface area contributed by atoms with Gasteiger partial charge in [0.15, 0.2) is 0 Å². The van der Waals surface area contributed by atoms with Gasteiger partial charge in [-0.25, -0.2) is 0 Å². The number of benzene rings is 1. The van der Waals surface area contributed by atoms with Crippen molar-refractivity contribution in [3.63, 3.8) is 0 Å². The van der Waals surface area contributed by atoms with E-state index in [1.54, 1.807) is 6.92 Å². The molecule has 60 valence electrons. The first-order valence-electron chi connectivity index (χ1n) is 3.05. The molecule has 0 atom stereocenters. The Labute approximate surface area is 62.1 Å². The van der Waals surface area contributed by atoms with E-state index < -0.39 is 10.8 Å². The van der Waals surface area contributed by atoms with Gasteiger partial charge < -0.3 is 0 Å². The molecule has 0 saturated heterocycles. The van der Waals surface area contributed by atoms with E-state index in [0.717, 1.165) is 17.7 Å². The molecule has 4 heteroatoms. The highest BCUT2D eigenvalue weighted by Gasteiger charge is 2.34. The van der Waals surface area contributed by atoms with Crippen LogP contribution < -0.4 is 5.15 Å². The van der Waals surface area contributed by atoms with E-state index in [9.17, 15) is 13.4 Å². The second-order valence-corrected chi connectivity index (χ2v) is 2.28. The fraction of sp³-hybridized carbons (Fsp3) is 0.143. The van der Waals surface area contributed by atoms with E-state index >= 15 is 0 Å². The van der Waals surface area contributed by atoms with Gasteiger partial charge in [0.05, 0.1) is 13.4 Å². The zero-order valence-electron chi connectivity index (χ0n) is 5.89. The maximum Gasteiger partial charge on any atom is 0.279 e. The van der Waals surface area contributed by atoms with Crippen LogP contribution in [0.4, 0.5) is 19.1 Å². The van der Waals surface area contributed by atoms with Crippen molar-refractivity contribution in [3.05, 3.63) is 29.8 Å². The predicted octanol–water partition coefficient (Wildman–Crippen LogP) is 2.96. The lowest BCUT2D eigenvalue weighted by atomic mass is 10.2. The number of aryl methyl sites for hydroxylation is 1. The van der Waals surface area contributed by atoms with Crippen molar-refractivity contribution >= 4 is 5.69 Å². The number of hydrogen-bond acceptors (Lipinski definition) is 0. The molecule has 0 amide bonds. The Morgan fingerprint density at radius 1 is 1.00 bits per heavy atom. The van der Waals surface area contributed by atoms with E-state index in [-0.39, 0.29) is 0 Å². The minimum absolute atomic E-state index is 0.657. The van der Waals surface area contributed by atoms with Crippen LogP contribution in [0.2, 0.25) is 0 Å². The molecule has 0 spiro atoms. The number of quaternary nitrogens is 1. The topological polar surface area (TPSA) is 0 Å². The summed E-state index contributed by atoms with van der Waals surface area (Å²) < 4.78 is 35.6. The molecular formula is C7H7F3N+. The third-order valence-electron chi connectivity index (χ3n) is 1.33. The van der Waals surface area contributed by atoms with E-state index in [1.807, 2.05) is 0 Å². The quantitative estimate of drug-likeness (QED) is 0.557. The molecule has 0 radical (unpaired) electrons. The van der Waals surface area contributed by atoms with E-state index in [1.165, 1.54) is 12.1 Å². The average Bonchev–Trinajstić information content (AvgIpc) is 1.86. The third-order valence-corrected chi connectivity index (χ3v) is 1.33. The van der Waals surface area contributed by atoms with Gasteiger partial charge in [-0.3, -0.25) is 0 Å². The molecule has 11 heavy (non-hydrogen) atoms. The van der Waals surface area contributed by atoms with Crippen molar-refractivity contribution in [2.45, 2.75) is 6.92 Å². The van der Waals surface area contributed by atoms with Crippen molar-refractivity contribution in [3.8, 4) is 0 Å². The summed E-state index contributed by atoms with van der Waals surface area (Å²) in [5, 5.41) is -3.61. The van der Waals surface area contributed by atoms with Crippen LogP contribution in [0.15, 0.2) is 24.3 Å². The lowest BCUT2D eigenvalue weighted by Crippen LogP contribution is -2.16. The highest BCUT2D eigenvalue weighted by molar-refractivity contribution is 5.38. The van der Waals surface area contributed by atoms with Gasteiger partial charge >= 0.3 is 0 Å². The molecule has 0 aliphatic carbocycles. The van der Waals surface area contributed by atoms with Gasteiger partial charge in [-0.15, -0.1) is 0 Å². The Hall–Kier alpha value is -1.03. The number of nitrogens with zero attached hydrogens (tertiary/aromatic N) is 1. The first kappa shape index (κ1) is 8.07. The van der Waals surface area contributed by atoms with E-state index in [4.69, 9.17) is 0 Å². The van der Waals surface area contributed by atoms with Gasteiger partial charge in [-0.05, 0) is 6.92 Å². The number of rotatable bonds is 1. The van der Waals surface area contributed by atoms with Crippen LogP contribution in [0, 0.1) is 6.92 Å². The molecule has 0 bridgehead atoms. The minimum Gasteiger partial charge on any atom is -0.0530 e. The molecule has 0 unspecified atom stereocenters. The Bertz CT molecular complexity index is 237. The SMILES string of the molecule is Cc1ccc([N+](F)(F)F)cc1. The maximum absolute atomic E-state index is 11.9. The second-order valence-electron chi connectivity index (χ2n) is 2.28. The molecule has 0 fully saturated rings. The first-order chi connectivity index (χ1) is 5.00. The van der Waals surface area contributed by atoms with Crippen LogP contribution in [0.5, 0.6) is 0 Å². The van der Waals surface area contributed by atoms with Crippen LogP contribution in [0.1, 0.15) is 5.56 Å². The molecule has 0 aliphatic heterocycles. The van der Waals surface area contributed by atoms with Gasteiger partial charge in [-0.1, -0.05) is 17.7 Å². The Balaban J connectivity index is 2.99. The zero-order chi connectivity index (χ0) is 8.48. The molecule has 1 nitrogen and oxygen atoms in total. The van der Waals surface area contributed by atoms with Crippen molar-refractivity contribution < 1.29 is 13.4 Å². The summed E-state index contributed by atoms with van der Waals surface area (Å²) in [6, 6.07) is 4.97. The smallest absolute Gasteiger partial charge is 0.0530 e. The minimum atomic E-state index is -3.61. The first-order valence-corrected chi connectivity index (χ1v) is 3.05. The molecular weight excluding hydrogens is 155 g/mol. The lowest BCUT2D eigenvalue weighted by Gasteiger charge is -1.98. The van der Waals surface area contributed by atoms with Gasteiger partial charge in [0, 0.05) is 12.1 Å². The summed E-state index contributed by atoms with van der Waals surface area (Å²) in [7, 11) is 0. The normalized spacial score (nSPS) is 11.6. The van der Waals surface area contributed by atoms with E-state index in [2.05, 4.69) is 0 Å². The molecule has 0 heterocycles. The Morgan fingerprint density at radius 3 is 1.82 bits per heavy atom. The lowest BCUT2D eigenvalue weighted by molar-refractivity contribution is -0.279. The zero-order valence-corrected chi connectivity index (χ0v) is 5.89. The molecule has 1 aromatic carbocycles. The summed E-state index contributed by atoms with van der Waals surface area (Å²) in [5.74, 6) is 0. The summed E-state index contributed by atoms with van der Waals surface area (Å²) in [5.41, 5.74) is 0.165. The number of hydrogen-bond donors (Lipinski definition) is 0. The summed E-state index contributed by atoms with van der Waals surface area (Å²) >= 11 is 0. The third kappa shape index (κ3) is 1.94. The standard InChI is InChI=1S/C7H7F3N/c1-6-2-4-7(5-3-6)11(8,9)10/h2-5H,1H3/q+1. The van der Waals surface area contributed by atoms with Crippen molar-refractivity contribution in [1.82, 2.24) is 5.15 Å². The average molecular weight is 162 g/mol. The molecule has 1 aromatic rings. The molecule has 1 rings (SSSR count). The Kier molecular flexibility index (Phi) is 1.87. The van der Waals surface area contributed by atoms with Crippen molar-refractivity contribution in [1.29, 1.82) is 0 Å². The molecule has 0 aliphatic rings. The molecule has 0 N–H and O–H groups in total. The van der Waals surface area contributed by atoms with Crippen LogP contribution in [-0.4, -0.2) is 0 Å². The predicted molar refractivity (Wildman–Crippen MR) is 36.3 cm³/mol. The molecule has 0 aromatic heterocycles. The fourth-order valence-electron chi connectivity index (χ4n) is 0.714. The summed E-state index contributed by atoms with van der Waals surface area (Å²) in [6.45, 7) is 1.74. The van der Waals surface area contributed by atoms with Gasteiger partial charge in [0.25, 0.3) is 10.8 Å². The summed E-state index contributed by atoms with van der Waals surface area (Å²) in [4.78, 5) is 0. The highest BCUT2D eigenvalue weighted by Crippen LogP contribution is 2.25. The van der Waals surface area contributed by atoms with Gasteiger partial charge in [-0.2, -0.15) is 0 Å². The van der Waals surface area contributed by atoms with E-state index in [0.29, 0.717) is 0 Å². The fourth-order valence-corrected chi connectivity index (χ4v) is 0.714. The Morgan fingerprint density at radius 2 is 1.45 bits per heavy atom. The largest absolute Gasteiger partial charge is 0.279 e.